The van der Waals surface area contributed by atoms with Gasteiger partial charge in [-0.15, -0.1) is 11.8 Å². The second kappa shape index (κ2) is 8.57. The number of nitrogens with zero attached hydrogens (tertiary/aromatic N) is 1. The number of carbonyl (C=O) groups excluding carboxylic acids is 1. The Labute approximate surface area is 174 Å². The van der Waals surface area contributed by atoms with E-state index < -0.39 is 6.10 Å². The molecule has 2 aliphatic heterocycles. The van der Waals surface area contributed by atoms with Crippen molar-refractivity contribution in [2.45, 2.75) is 29.9 Å². The van der Waals surface area contributed by atoms with Crippen molar-refractivity contribution >= 4 is 28.6 Å². The Morgan fingerprint density at radius 3 is 3.03 bits per heavy atom. The first-order valence-corrected chi connectivity index (χ1v) is 11.0. The van der Waals surface area contributed by atoms with Crippen LogP contribution in [0, 0.1) is 0 Å². The highest BCUT2D eigenvalue weighted by Crippen LogP contribution is 2.31. The number of carbonyl (C=O) groups is 1. The molecule has 0 bridgehead atoms. The SMILES string of the molecule is CSC1(Cc2cc(C(=O)N[C@H]3CCOC[C@@H]3O)nc3ccccc23)C=CC=CN1. The molecule has 1 aromatic heterocycles. The number of para-hydroxylation sites is 1. The Morgan fingerprint density at radius 1 is 1.41 bits per heavy atom. The first-order valence-electron chi connectivity index (χ1n) is 9.73. The van der Waals surface area contributed by atoms with Gasteiger partial charge in [0, 0.05) is 18.4 Å². The molecule has 7 heteroatoms. The minimum Gasteiger partial charge on any atom is -0.389 e. The van der Waals surface area contributed by atoms with Crippen LogP contribution >= 0.6 is 11.8 Å². The van der Waals surface area contributed by atoms with Crippen LogP contribution in [0.1, 0.15) is 22.5 Å². The van der Waals surface area contributed by atoms with Gasteiger partial charge in [-0.05, 0) is 48.7 Å². The van der Waals surface area contributed by atoms with E-state index in [1.807, 2.05) is 48.7 Å². The number of amides is 1. The topological polar surface area (TPSA) is 83.5 Å². The highest BCUT2D eigenvalue weighted by Gasteiger charge is 2.29. The van der Waals surface area contributed by atoms with E-state index in [2.05, 4.69) is 27.9 Å². The number of dihydropyridines is 1. The van der Waals surface area contributed by atoms with Gasteiger partial charge in [0.1, 0.15) is 10.6 Å². The third-order valence-electron chi connectivity index (χ3n) is 5.40. The van der Waals surface area contributed by atoms with Crippen molar-refractivity contribution in [3.63, 3.8) is 0 Å². The number of aliphatic hydroxyl groups is 1. The summed E-state index contributed by atoms with van der Waals surface area (Å²) in [6.07, 6.45) is 10.8. The normalized spacial score (nSPS) is 26.3. The average Bonchev–Trinajstić information content (AvgIpc) is 2.76. The summed E-state index contributed by atoms with van der Waals surface area (Å²) in [7, 11) is 0. The number of rotatable bonds is 5. The molecule has 3 heterocycles. The van der Waals surface area contributed by atoms with E-state index in [1.165, 1.54) is 0 Å². The lowest BCUT2D eigenvalue weighted by molar-refractivity contribution is -0.0261. The van der Waals surface area contributed by atoms with E-state index in [1.54, 1.807) is 11.8 Å². The van der Waals surface area contributed by atoms with E-state index >= 15 is 0 Å². The fraction of sp³-hybridized carbons (Fsp3) is 0.364. The van der Waals surface area contributed by atoms with E-state index in [-0.39, 0.29) is 23.4 Å². The van der Waals surface area contributed by atoms with Crippen LogP contribution in [0.5, 0.6) is 0 Å². The molecule has 1 aromatic carbocycles. The zero-order valence-corrected chi connectivity index (χ0v) is 17.1. The maximum atomic E-state index is 12.9. The number of hydrogen-bond donors (Lipinski definition) is 3. The number of nitrogens with one attached hydrogen (secondary N) is 2. The van der Waals surface area contributed by atoms with E-state index in [0.29, 0.717) is 25.1 Å². The van der Waals surface area contributed by atoms with Crippen LogP contribution in [0.25, 0.3) is 10.9 Å². The van der Waals surface area contributed by atoms with Gasteiger partial charge in [-0.3, -0.25) is 4.79 Å². The van der Waals surface area contributed by atoms with Crippen molar-refractivity contribution in [3.05, 3.63) is 66.0 Å². The fourth-order valence-electron chi connectivity index (χ4n) is 3.74. The number of allylic oxidation sites excluding steroid dienone is 2. The fourth-order valence-corrected chi connectivity index (χ4v) is 4.44. The number of pyridine rings is 1. The predicted molar refractivity (Wildman–Crippen MR) is 116 cm³/mol. The molecule has 3 atom stereocenters. The molecule has 1 unspecified atom stereocenters. The molecule has 1 fully saturated rings. The maximum absolute atomic E-state index is 12.9. The molecule has 1 amide bonds. The summed E-state index contributed by atoms with van der Waals surface area (Å²) in [6, 6.07) is 9.43. The second-order valence-corrected chi connectivity index (χ2v) is 8.46. The summed E-state index contributed by atoms with van der Waals surface area (Å²) >= 11 is 1.72. The van der Waals surface area contributed by atoms with Crippen molar-refractivity contribution in [2.24, 2.45) is 0 Å². The first-order chi connectivity index (χ1) is 14.1. The minimum atomic E-state index is -0.698. The third kappa shape index (κ3) is 4.32. The third-order valence-corrected chi connectivity index (χ3v) is 6.52. The van der Waals surface area contributed by atoms with Crippen molar-refractivity contribution in [3.8, 4) is 0 Å². The van der Waals surface area contributed by atoms with Crippen molar-refractivity contribution in [1.82, 2.24) is 15.6 Å². The predicted octanol–water partition coefficient (Wildman–Crippen LogP) is 2.39. The van der Waals surface area contributed by atoms with Crippen LogP contribution in [-0.2, 0) is 11.2 Å². The zero-order valence-electron chi connectivity index (χ0n) is 16.3. The molecule has 4 rings (SSSR count). The van der Waals surface area contributed by atoms with Crippen LogP contribution in [0.2, 0.25) is 0 Å². The lowest BCUT2D eigenvalue weighted by Gasteiger charge is -2.32. The molecule has 152 valence electrons. The Bertz CT molecular complexity index is 961. The standard InChI is InChI=1S/C22H25N3O3S/c1-29-22(9-4-5-10-23-22)13-15-12-19(24-17-7-3-2-6-16(15)17)21(27)25-18-8-11-28-14-20(18)26/h2-7,9-10,12,18,20,23,26H,8,11,13-14H2,1H3,(H,25,27)/t18-,20-,22?/m0/s1. The van der Waals surface area contributed by atoms with Gasteiger partial charge < -0.3 is 20.5 Å². The molecule has 0 aliphatic carbocycles. The Balaban J connectivity index is 1.66. The van der Waals surface area contributed by atoms with Gasteiger partial charge in [-0.2, -0.15) is 0 Å². The molecular formula is C22H25N3O3S. The van der Waals surface area contributed by atoms with Gasteiger partial charge in [-0.1, -0.05) is 24.3 Å². The molecule has 0 saturated carbocycles. The van der Waals surface area contributed by atoms with Gasteiger partial charge in [0.25, 0.3) is 5.91 Å². The molecule has 6 nitrogen and oxygen atoms in total. The molecule has 29 heavy (non-hydrogen) atoms. The molecule has 1 saturated heterocycles. The number of benzene rings is 1. The molecule has 2 aromatic rings. The lowest BCUT2D eigenvalue weighted by atomic mass is 9.98. The number of aromatic nitrogens is 1. The smallest absolute Gasteiger partial charge is 0.270 e. The number of aliphatic hydroxyl groups excluding tert-OH is 1. The highest BCUT2D eigenvalue weighted by atomic mass is 32.2. The van der Waals surface area contributed by atoms with E-state index in [0.717, 1.165) is 16.5 Å². The van der Waals surface area contributed by atoms with Gasteiger partial charge in [0.05, 0.1) is 24.3 Å². The van der Waals surface area contributed by atoms with Gasteiger partial charge in [0.2, 0.25) is 0 Å². The summed E-state index contributed by atoms with van der Waals surface area (Å²) < 4.78 is 5.25. The van der Waals surface area contributed by atoms with Crippen LogP contribution in [0.15, 0.2) is 54.8 Å². The number of hydrogen-bond acceptors (Lipinski definition) is 6. The Morgan fingerprint density at radius 2 is 2.28 bits per heavy atom. The number of fused-ring (bicyclic) bond motifs is 1. The van der Waals surface area contributed by atoms with E-state index in [9.17, 15) is 9.90 Å². The van der Waals surface area contributed by atoms with Crippen molar-refractivity contribution < 1.29 is 14.6 Å². The van der Waals surface area contributed by atoms with Crippen LogP contribution in [0.4, 0.5) is 0 Å². The van der Waals surface area contributed by atoms with Crippen LogP contribution in [0.3, 0.4) is 0 Å². The quantitative estimate of drug-likeness (QED) is 0.701. The molecule has 0 spiro atoms. The maximum Gasteiger partial charge on any atom is 0.270 e. The summed E-state index contributed by atoms with van der Waals surface area (Å²) in [5, 5.41) is 17.5. The monoisotopic (exact) mass is 411 g/mol. The second-order valence-electron chi connectivity index (χ2n) is 7.33. The van der Waals surface area contributed by atoms with Gasteiger partial charge >= 0.3 is 0 Å². The van der Waals surface area contributed by atoms with Gasteiger partial charge in [0.15, 0.2) is 0 Å². The lowest BCUT2D eigenvalue weighted by Crippen LogP contribution is -2.48. The van der Waals surface area contributed by atoms with Crippen LogP contribution in [-0.4, -0.2) is 52.5 Å². The number of ether oxygens (including phenoxy) is 1. The average molecular weight is 412 g/mol. The minimum absolute atomic E-state index is 0.239. The summed E-state index contributed by atoms with van der Waals surface area (Å²) in [4.78, 5) is 17.2. The van der Waals surface area contributed by atoms with E-state index in [4.69, 9.17) is 4.74 Å². The van der Waals surface area contributed by atoms with Crippen molar-refractivity contribution in [2.75, 3.05) is 19.5 Å². The van der Waals surface area contributed by atoms with Crippen LogP contribution < -0.4 is 10.6 Å². The zero-order chi connectivity index (χ0) is 20.3. The van der Waals surface area contributed by atoms with Gasteiger partial charge in [-0.25, -0.2) is 4.98 Å². The summed E-state index contributed by atoms with van der Waals surface area (Å²) in [5.41, 5.74) is 2.20. The first kappa shape index (κ1) is 19.9. The summed E-state index contributed by atoms with van der Waals surface area (Å²) in [5.74, 6) is -0.270. The highest BCUT2D eigenvalue weighted by molar-refractivity contribution is 8.00. The van der Waals surface area contributed by atoms with Crippen molar-refractivity contribution in [1.29, 1.82) is 0 Å². The summed E-state index contributed by atoms with van der Waals surface area (Å²) in [6.45, 7) is 0.767. The Kier molecular flexibility index (Phi) is 5.89. The molecule has 0 radical (unpaired) electrons. The molecule has 3 N–H and O–H groups in total. The number of thioether (sulfide) groups is 1. The largest absolute Gasteiger partial charge is 0.389 e. The Hall–Kier alpha value is -2.35. The molecular weight excluding hydrogens is 386 g/mol. The molecule has 2 aliphatic rings.